The summed E-state index contributed by atoms with van der Waals surface area (Å²) in [5, 5.41) is 2.90. The summed E-state index contributed by atoms with van der Waals surface area (Å²) in [6, 6.07) is 0.584. The van der Waals surface area contributed by atoms with Crippen LogP contribution in [0.3, 0.4) is 0 Å². The molecule has 0 aromatic carbocycles. The molecule has 2 amide bonds. The first-order valence-corrected chi connectivity index (χ1v) is 5.10. The summed E-state index contributed by atoms with van der Waals surface area (Å²) >= 11 is 0. The number of hydrogen-bond donors (Lipinski definition) is 1. The summed E-state index contributed by atoms with van der Waals surface area (Å²) in [7, 11) is 0. The maximum absolute atomic E-state index is 11.6. The van der Waals surface area contributed by atoms with Crippen LogP contribution in [-0.4, -0.2) is 29.6 Å². The van der Waals surface area contributed by atoms with Gasteiger partial charge in [0.2, 0.25) is 0 Å². The number of carbonyl (C=O) groups excluding carboxylic acids is 1. The number of carbonyl (C=O) groups is 1. The molecule has 0 bridgehead atoms. The molecule has 1 unspecified atom stereocenters. The second-order valence-electron chi connectivity index (χ2n) is 3.65. The molecular weight excluding hydrogens is 164 g/mol. The highest BCUT2D eigenvalue weighted by molar-refractivity contribution is 5.74. The second kappa shape index (κ2) is 5.84. The van der Waals surface area contributed by atoms with E-state index in [0.717, 1.165) is 13.0 Å². The van der Waals surface area contributed by atoms with E-state index in [1.165, 1.54) is 0 Å². The first kappa shape index (κ1) is 12.3. The normalized spacial score (nSPS) is 12.8. The Bertz CT molecular complexity index is 157. The first-order valence-electron chi connectivity index (χ1n) is 5.10. The standard InChI is InChI=1S/C10H22N2O/c1-6-9(5)12(7-2)10(13)11-8(3)4/h8-9H,6-7H2,1-5H3,(H,11,13). The molecule has 13 heavy (non-hydrogen) atoms. The van der Waals surface area contributed by atoms with Crippen LogP contribution in [0.4, 0.5) is 4.79 Å². The Kier molecular flexibility index (Phi) is 5.51. The molecule has 1 atom stereocenters. The highest BCUT2D eigenvalue weighted by Gasteiger charge is 2.16. The zero-order valence-electron chi connectivity index (χ0n) is 9.42. The van der Waals surface area contributed by atoms with Crippen LogP contribution < -0.4 is 5.32 Å². The van der Waals surface area contributed by atoms with Crippen LogP contribution >= 0.6 is 0 Å². The van der Waals surface area contributed by atoms with Crippen molar-refractivity contribution in [3.05, 3.63) is 0 Å². The molecule has 0 saturated carbocycles. The first-order chi connectivity index (χ1) is 6.02. The van der Waals surface area contributed by atoms with Crippen molar-refractivity contribution in [2.75, 3.05) is 6.54 Å². The Hall–Kier alpha value is -0.730. The van der Waals surface area contributed by atoms with Crippen LogP contribution in [0.5, 0.6) is 0 Å². The van der Waals surface area contributed by atoms with E-state index in [2.05, 4.69) is 19.2 Å². The van der Waals surface area contributed by atoms with Gasteiger partial charge in [0.25, 0.3) is 0 Å². The summed E-state index contributed by atoms with van der Waals surface area (Å²) in [6.45, 7) is 10.9. The number of urea groups is 1. The fourth-order valence-electron chi connectivity index (χ4n) is 1.21. The van der Waals surface area contributed by atoms with Gasteiger partial charge in [0.1, 0.15) is 0 Å². The van der Waals surface area contributed by atoms with Crippen LogP contribution in [0.25, 0.3) is 0 Å². The highest BCUT2D eigenvalue weighted by atomic mass is 16.2. The third kappa shape index (κ3) is 4.15. The van der Waals surface area contributed by atoms with Crippen molar-refractivity contribution in [2.45, 2.75) is 53.1 Å². The zero-order chi connectivity index (χ0) is 10.4. The van der Waals surface area contributed by atoms with Crippen LogP contribution in [0.2, 0.25) is 0 Å². The van der Waals surface area contributed by atoms with E-state index < -0.39 is 0 Å². The predicted molar refractivity (Wildman–Crippen MR) is 55.8 cm³/mol. The fraction of sp³-hybridized carbons (Fsp3) is 0.900. The maximum atomic E-state index is 11.6. The minimum absolute atomic E-state index is 0.0480. The van der Waals surface area contributed by atoms with E-state index in [-0.39, 0.29) is 12.1 Å². The lowest BCUT2D eigenvalue weighted by molar-refractivity contribution is 0.178. The van der Waals surface area contributed by atoms with Gasteiger partial charge in [0, 0.05) is 18.6 Å². The summed E-state index contributed by atoms with van der Waals surface area (Å²) in [5.74, 6) is 0. The third-order valence-corrected chi connectivity index (χ3v) is 2.14. The fourth-order valence-corrected chi connectivity index (χ4v) is 1.21. The van der Waals surface area contributed by atoms with Gasteiger partial charge in [-0.15, -0.1) is 0 Å². The van der Waals surface area contributed by atoms with E-state index in [1.807, 2.05) is 25.7 Å². The summed E-state index contributed by atoms with van der Waals surface area (Å²) in [4.78, 5) is 13.5. The van der Waals surface area contributed by atoms with Gasteiger partial charge in [-0.2, -0.15) is 0 Å². The van der Waals surface area contributed by atoms with Crippen LogP contribution in [0.1, 0.15) is 41.0 Å². The lowest BCUT2D eigenvalue weighted by Gasteiger charge is -2.28. The van der Waals surface area contributed by atoms with Crippen LogP contribution in [-0.2, 0) is 0 Å². The summed E-state index contributed by atoms with van der Waals surface area (Å²) < 4.78 is 0. The summed E-state index contributed by atoms with van der Waals surface area (Å²) in [5.41, 5.74) is 0. The summed E-state index contributed by atoms with van der Waals surface area (Å²) in [6.07, 6.45) is 0.999. The molecule has 0 aromatic heterocycles. The van der Waals surface area contributed by atoms with E-state index >= 15 is 0 Å². The van der Waals surface area contributed by atoms with E-state index in [9.17, 15) is 4.79 Å². The number of nitrogens with one attached hydrogen (secondary N) is 1. The van der Waals surface area contributed by atoms with Crippen LogP contribution in [0.15, 0.2) is 0 Å². The molecule has 0 aliphatic heterocycles. The predicted octanol–water partition coefficient (Wildman–Crippen LogP) is 2.22. The molecule has 0 fully saturated rings. The average Bonchev–Trinajstić information content (AvgIpc) is 2.03. The molecule has 0 radical (unpaired) electrons. The van der Waals surface area contributed by atoms with Crippen molar-refractivity contribution >= 4 is 6.03 Å². The van der Waals surface area contributed by atoms with Crippen LogP contribution in [0, 0.1) is 0 Å². The Morgan fingerprint density at radius 3 is 2.15 bits per heavy atom. The van der Waals surface area contributed by atoms with Gasteiger partial charge < -0.3 is 10.2 Å². The Labute approximate surface area is 81.5 Å². The molecule has 0 saturated heterocycles. The molecule has 0 spiro atoms. The van der Waals surface area contributed by atoms with Crippen molar-refractivity contribution in [1.29, 1.82) is 0 Å². The second-order valence-corrected chi connectivity index (χ2v) is 3.65. The van der Waals surface area contributed by atoms with Crippen molar-refractivity contribution in [1.82, 2.24) is 10.2 Å². The Balaban J connectivity index is 4.15. The molecule has 0 rings (SSSR count). The van der Waals surface area contributed by atoms with Gasteiger partial charge in [-0.3, -0.25) is 0 Å². The minimum atomic E-state index is 0.0480. The van der Waals surface area contributed by atoms with Crippen molar-refractivity contribution in [3.63, 3.8) is 0 Å². The van der Waals surface area contributed by atoms with E-state index in [4.69, 9.17) is 0 Å². The number of hydrogen-bond acceptors (Lipinski definition) is 1. The smallest absolute Gasteiger partial charge is 0.317 e. The van der Waals surface area contributed by atoms with Gasteiger partial charge in [0.05, 0.1) is 0 Å². The highest BCUT2D eigenvalue weighted by Crippen LogP contribution is 2.03. The molecule has 0 aromatic rings. The van der Waals surface area contributed by atoms with Gasteiger partial charge >= 0.3 is 6.03 Å². The van der Waals surface area contributed by atoms with Gasteiger partial charge in [-0.1, -0.05) is 6.92 Å². The monoisotopic (exact) mass is 186 g/mol. The number of amides is 2. The Morgan fingerprint density at radius 2 is 1.85 bits per heavy atom. The van der Waals surface area contributed by atoms with Crippen molar-refractivity contribution < 1.29 is 4.79 Å². The van der Waals surface area contributed by atoms with Gasteiger partial charge in [-0.25, -0.2) is 4.79 Å². The third-order valence-electron chi connectivity index (χ3n) is 2.14. The van der Waals surface area contributed by atoms with E-state index in [1.54, 1.807) is 0 Å². The minimum Gasteiger partial charge on any atom is -0.336 e. The SMILES string of the molecule is CCC(C)N(CC)C(=O)NC(C)C. The van der Waals surface area contributed by atoms with E-state index in [0.29, 0.717) is 6.04 Å². The molecular formula is C10H22N2O. The molecule has 3 nitrogen and oxygen atoms in total. The molecule has 78 valence electrons. The molecule has 1 N–H and O–H groups in total. The van der Waals surface area contributed by atoms with Gasteiger partial charge in [0.15, 0.2) is 0 Å². The quantitative estimate of drug-likeness (QED) is 0.717. The Morgan fingerprint density at radius 1 is 1.31 bits per heavy atom. The zero-order valence-corrected chi connectivity index (χ0v) is 9.42. The molecule has 0 aliphatic carbocycles. The number of nitrogens with zero attached hydrogens (tertiary/aromatic N) is 1. The lowest BCUT2D eigenvalue weighted by atomic mass is 10.2. The molecule has 0 aliphatic rings. The molecule has 3 heteroatoms. The average molecular weight is 186 g/mol. The molecule has 0 heterocycles. The number of rotatable bonds is 4. The van der Waals surface area contributed by atoms with Crippen molar-refractivity contribution in [2.24, 2.45) is 0 Å². The maximum Gasteiger partial charge on any atom is 0.317 e. The largest absolute Gasteiger partial charge is 0.336 e. The topological polar surface area (TPSA) is 32.3 Å². The van der Waals surface area contributed by atoms with Crippen molar-refractivity contribution in [3.8, 4) is 0 Å². The lowest BCUT2D eigenvalue weighted by Crippen LogP contribution is -2.46. The van der Waals surface area contributed by atoms with Gasteiger partial charge in [-0.05, 0) is 34.1 Å².